The zero-order valence-corrected chi connectivity index (χ0v) is 13.1. The van der Waals surface area contributed by atoms with Gasteiger partial charge in [-0.1, -0.05) is 18.6 Å². The van der Waals surface area contributed by atoms with Crippen molar-refractivity contribution in [3.05, 3.63) is 35.2 Å². The van der Waals surface area contributed by atoms with E-state index in [9.17, 15) is 22.8 Å². The summed E-state index contributed by atoms with van der Waals surface area (Å²) in [6.07, 6.45) is -5.02. The predicted octanol–water partition coefficient (Wildman–Crippen LogP) is 4.14. The van der Waals surface area contributed by atoms with Crippen molar-refractivity contribution in [2.45, 2.75) is 39.5 Å². The first-order valence-corrected chi connectivity index (χ1v) is 7.02. The number of nitrogens with zero attached hydrogens (tertiary/aromatic N) is 1. The number of carbonyl (C=O) groups is 2. The van der Waals surface area contributed by atoms with E-state index in [0.717, 1.165) is 12.1 Å². The normalized spacial score (nSPS) is 13.7. The minimum atomic E-state index is -4.92. The van der Waals surface area contributed by atoms with Crippen LogP contribution in [0.1, 0.15) is 32.3 Å². The van der Waals surface area contributed by atoms with Gasteiger partial charge in [0, 0.05) is 12.8 Å². The van der Waals surface area contributed by atoms with Crippen molar-refractivity contribution in [3.63, 3.8) is 0 Å². The van der Waals surface area contributed by atoms with Crippen LogP contribution in [0.2, 0.25) is 0 Å². The fourth-order valence-corrected chi connectivity index (χ4v) is 2.05. The number of Topliss-reactive ketones (excluding diaryl/α,β-unsaturated/α-hetero) is 1. The van der Waals surface area contributed by atoms with Gasteiger partial charge in [-0.15, -0.1) is 13.2 Å². The summed E-state index contributed by atoms with van der Waals surface area (Å²) in [5, 5.41) is 9.16. The highest BCUT2D eigenvalue weighted by molar-refractivity contribution is 5.87. The Morgan fingerprint density at radius 1 is 1.33 bits per heavy atom. The number of carboxylic acid groups (broad SMARTS) is 1. The van der Waals surface area contributed by atoms with Gasteiger partial charge in [-0.2, -0.15) is 0 Å². The number of halogens is 3. The second kappa shape index (κ2) is 7.34. The number of rotatable bonds is 7. The second-order valence-electron chi connectivity index (χ2n) is 5.57. The Kier molecular flexibility index (Phi) is 5.96. The van der Waals surface area contributed by atoms with Gasteiger partial charge in [-0.05, 0) is 25.5 Å². The maximum absolute atomic E-state index is 12.2. The van der Waals surface area contributed by atoms with Crippen LogP contribution in [0.4, 0.5) is 18.9 Å². The van der Waals surface area contributed by atoms with Gasteiger partial charge in [-0.25, -0.2) is 4.85 Å². The van der Waals surface area contributed by atoms with E-state index in [4.69, 9.17) is 11.7 Å². The number of ketones is 1. The fourth-order valence-electron chi connectivity index (χ4n) is 2.05. The summed E-state index contributed by atoms with van der Waals surface area (Å²) in [6, 6.07) is 3.35. The molecule has 0 aromatic heterocycles. The molecule has 0 aliphatic heterocycles. The Hall–Kier alpha value is -2.56. The van der Waals surface area contributed by atoms with Crippen molar-refractivity contribution < 1.29 is 32.6 Å². The molecule has 0 fully saturated rings. The molecule has 0 bridgehead atoms. The van der Waals surface area contributed by atoms with Gasteiger partial charge in [0.05, 0.1) is 12.0 Å². The van der Waals surface area contributed by atoms with E-state index in [-0.39, 0.29) is 30.7 Å². The predicted molar refractivity (Wildman–Crippen MR) is 78.7 cm³/mol. The molecule has 0 saturated carbocycles. The van der Waals surface area contributed by atoms with Gasteiger partial charge < -0.3 is 9.84 Å². The molecule has 0 heterocycles. The van der Waals surface area contributed by atoms with Gasteiger partial charge in [-0.3, -0.25) is 9.59 Å². The van der Waals surface area contributed by atoms with Crippen LogP contribution in [0.5, 0.6) is 5.75 Å². The summed E-state index contributed by atoms with van der Waals surface area (Å²) < 4.78 is 40.4. The largest absolute Gasteiger partial charge is 0.571 e. The van der Waals surface area contributed by atoms with Crippen molar-refractivity contribution in [1.82, 2.24) is 0 Å². The van der Waals surface area contributed by atoms with Crippen molar-refractivity contribution in [3.8, 4) is 5.75 Å². The Balaban J connectivity index is 2.91. The first-order valence-electron chi connectivity index (χ1n) is 7.02. The van der Waals surface area contributed by atoms with Crippen molar-refractivity contribution in [2.75, 3.05) is 0 Å². The maximum atomic E-state index is 12.2. The molecular weight excluding hydrogens is 327 g/mol. The zero-order chi connectivity index (χ0) is 18.5. The quantitative estimate of drug-likeness (QED) is 0.756. The van der Waals surface area contributed by atoms with Crippen LogP contribution < -0.4 is 4.74 Å². The van der Waals surface area contributed by atoms with E-state index < -0.39 is 23.5 Å². The molecule has 0 aliphatic carbocycles. The third-order valence-corrected chi connectivity index (χ3v) is 3.65. The first kappa shape index (κ1) is 19.5. The molecular formula is C16H16F3NO4. The Morgan fingerprint density at radius 2 is 1.96 bits per heavy atom. The molecule has 24 heavy (non-hydrogen) atoms. The van der Waals surface area contributed by atoms with Gasteiger partial charge in [0.1, 0.15) is 11.5 Å². The molecule has 5 nitrogen and oxygen atoms in total. The lowest BCUT2D eigenvalue weighted by atomic mass is 9.81. The molecule has 8 heteroatoms. The number of carbonyl (C=O) groups excluding carboxylic acids is 1. The summed E-state index contributed by atoms with van der Waals surface area (Å²) in [5.41, 5.74) is -1.24. The number of hydrogen-bond donors (Lipinski definition) is 1. The number of hydrogen-bond acceptors (Lipinski definition) is 3. The number of aliphatic carboxylic acids is 1. The number of alkyl halides is 3. The topological polar surface area (TPSA) is 68.0 Å². The zero-order valence-electron chi connectivity index (χ0n) is 13.1. The highest BCUT2D eigenvalue weighted by Gasteiger charge is 2.34. The lowest BCUT2D eigenvalue weighted by Crippen LogP contribution is -2.30. The Labute approximate surface area is 136 Å². The van der Waals surface area contributed by atoms with Crippen molar-refractivity contribution in [1.29, 1.82) is 0 Å². The number of carboxylic acids is 1. The minimum Gasteiger partial charge on any atom is -0.481 e. The van der Waals surface area contributed by atoms with Crippen LogP contribution in [-0.4, -0.2) is 23.2 Å². The van der Waals surface area contributed by atoms with Crippen molar-refractivity contribution in [2.24, 2.45) is 5.41 Å². The average molecular weight is 343 g/mol. The summed E-state index contributed by atoms with van der Waals surface area (Å²) in [4.78, 5) is 26.2. The van der Waals surface area contributed by atoms with Crippen LogP contribution in [0, 0.1) is 12.0 Å². The van der Waals surface area contributed by atoms with Crippen LogP contribution in [0.3, 0.4) is 0 Å². The summed E-state index contributed by atoms with van der Waals surface area (Å²) in [6.45, 7) is 10.0. The van der Waals surface area contributed by atoms with E-state index in [1.165, 1.54) is 13.0 Å². The first-order chi connectivity index (χ1) is 11.0. The third kappa shape index (κ3) is 5.26. The van der Waals surface area contributed by atoms with E-state index in [1.54, 1.807) is 6.92 Å². The van der Waals surface area contributed by atoms with Crippen LogP contribution in [0.15, 0.2) is 18.2 Å². The molecule has 1 atom stereocenters. The molecule has 130 valence electrons. The Bertz CT molecular complexity index is 679. The average Bonchev–Trinajstić information content (AvgIpc) is 2.46. The van der Waals surface area contributed by atoms with Crippen LogP contribution >= 0.6 is 0 Å². The van der Waals surface area contributed by atoms with Gasteiger partial charge in [0.15, 0.2) is 0 Å². The maximum Gasteiger partial charge on any atom is 0.571 e. The van der Waals surface area contributed by atoms with E-state index in [1.807, 2.05) is 0 Å². The number of ether oxygens (including phenoxy) is 1. The Morgan fingerprint density at radius 3 is 2.42 bits per heavy atom. The number of benzene rings is 1. The SMILES string of the molecule is [C-]#[N+]c1cc(CC(=O)C[C@](C)(CC)C(=O)O)ccc1OC(F)(F)F. The molecule has 0 spiro atoms. The molecule has 0 unspecified atom stereocenters. The summed E-state index contributed by atoms with van der Waals surface area (Å²) >= 11 is 0. The molecule has 0 aliphatic rings. The van der Waals surface area contributed by atoms with Gasteiger partial charge in [0.25, 0.3) is 0 Å². The molecule has 0 radical (unpaired) electrons. The van der Waals surface area contributed by atoms with E-state index in [2.05, 4.69) is 9.58 Å². The van der Waals surface area contributed by atoms with Crippen molar-refractivity contribution >= 4 is 17.4 Å². The minimum absolute atomic E-state index is 0.169. The molecule has 1 aromatic carbocycles. The smallest absolute Gasteiger partial charge is 0.481 e. The molecule has 1 N–H and O–H groups in total. The monoisotopic (exact) mass is 343 g/mol. The van der Waals surface area contributed by atoms with E-state index in [0.29, 0.717) is 5.56 Å². The highest BCUT2D eigenvalue weighted by Crippen LogP contribution is 2.34. The highest BCUT2D eigenvalue weighted by atomic mass is 19.4. The molecule has 1 rings (SSSR count). The molecule has 1 aromatic rings. The van der Waals surface area contributed by atoms with Gasteiger partial charge >= 0.3 is 12.3 Å². The second-order valence-corrected chi connectivity index (χ2v) is 5.57. The fraction of sp³-hybridized carbons (Fsp3) is 0.438. The lowest BCUT2D eigenvalue weighted by molar-refractivity contribution is -0.274. The van der Waals surface area contributed by atoms with E-state index >= 15 is 0 Å². The lowest BCUT2D eigenvalue weighted by Gasteiger charge is -2.21. The van der Waals surface area contributed by atoms with Crippen LogP contribution in [0.25, 0.3) is 4.85 Å². The summed E-state index contributed by atoms with van der Waals surface area (Å²) in [7, 11) is 0. The molecule has 0 amide bonds. The summed E-state index contributed by atoms with van der Waals surface area (Å²) in [5.74, 6) is -2.10. The van der Waals surface area contributed by atoms with Gasteiger partial charge in [0.2, 0.25) is 5.69 Å². The third-order valence-electron chi connectivity index (χ3n) is 3.65. The standard InChI is InChI=1S/C16H16F3NO4/c1-4-15(2,14(22)23)9-11(21)7-10-5-6-13(12(8-10)20-3)24-16(17,18)19/h5-6,8H,4,7,9H2,1-2H3,(H,22,23)/t15-/m0/s1. The molecule has 0 saturated heterocycles. The van der Waals surface area contributed by atoms with Crippen LogP contribution in [-0.2, 0) is 16.0 Å².